The average molecular weight is 247 g/mol. The van der Waals surface area contributed by atoms with Crippen LogP contribution < -0.4 is 5.32 Å². The van der Waals surface area contributed by atoms with Crippen molar-refractivity contribution in [2.45, 2.75) is 58.8 Å². The first-order valence-electron chi connectivity index (χ1n) is 7.11. The van der Waals surface area contributed by atoms with Gasteiger partial charge in [0.1, 0.15) is 0 Å². The van der Waals surface area contributed by atoms with E-state index in [0.717, 1.165) is 31.4 Å². The van der Waals surface area contributed by atoms with Crippen LogP contribution in [0.1, 0.15) is 45.0 Å². The molecule has 0 atom stereocenters. The number of rotatable bonds is 7. The second-order valence-corrected chi connectivity index (χ2v) is 5.45. The van der Waals surface area contributed by atoms with Crippen LogP contribution in [0.4, 0.5) is 0 Å². The first kappa shape index (κ1) is 13.5. The Labute approximate surface area is 111 Å². The zero-order valence-corrected chi connectivity index (χ0v) is 11.8. The Bertz CT molecular complexity index is 372. The molecule has 0 saturated heterocycles. The van der Waals surface area contributed by atoms with E-state index in [1.165, 1.54) is 18.5 Å². The van der Waals surface area contributed by atoms with Gasteiger partial charge in [-0.1, -0.05) is 26.8 Å². The molecule has 18 heavy (non-hydrogen) atoms. The Morgan fingerprint density at radius 3 is 2.67 bits per heavy atom. The highest BCUT2D eigenvalue weighted by Gasteiger charge is 2.27. The highest BCUT2D eigenvalue weighted by Crippen LogP contribution is 2.27. The van der Waals surface area contributed by atoms with Gasteiger partial charge in [-0.05, 0) is 31.5 Å². The van der Waals surface area contributed by atoms with Crippen LogP contribution in [0.5, 0.6) is 0 Å². The van der Waals surface area contributed by atoms with Crippen LogP contribution in [0.3, 0.4) is 0 Å². The lowest BCUT2D eigenvalue weighted by Gasteiger charge is -2.19. The van der Waals surface area contributed by atoms with E-state index in [0.29, 0.717) is 6.04 Å². The minimum atomic E-state index is 0.508. The van der Waals surface area contributed by atoms with E-state index in [2.05, 4.69) is 49.2 Å². The summed E-state index contributed by atoms with van der Waals surface area (Å²) in [5, 5.41) is 3.42. The highest BCUT2D eigenvalue weighted by atomic mass is 15.2. The van der Waals surface area contributed by atoms with Gasteiger partial charge in [-0.3, -0.25) is 9.88 Å². The SMILES string of the molecule is CCN(Cc1cccc(CNC(C)C)n1)C1CC1. The van der Waals surface area contributed by atoms with Crippen molar-refractivity contribution in [2.24, 2.45) is 0 Å². The third kappa shape index (κ3) is 4.07. The molecule has 1 fully saturated rings. The molecule has 3 heteroatoms. The second kappa shape index (κ2) is 6.30. The molecule has 1 aromatic rings. The molecule has 1 aromatic heterocycles. The van der Waals surface area contributed by atoms with Gasteiger partial charge in [0.2, 0.25) is 0 Å². The number of pyridine rings is 1. The Kier molecular flexibility index (Phi) is 4.72. The molecular formula is C15H25N3. The molecule has 0 bridgehead atoms. The molecule has 1 aliphatic rings. The maximum absolute atomic E-state index is 4.74. The maximum atomic E-state index is 4.74. The topological polar surface area (TPSA) is 28.2 Å². The quantitative estimate of drug-likeness (QED) is 0.802. The van der Waals surface area contributed by atoms with E-state index >= 15 is 0 Å². The lowest BCUT2D eigenvalue weighted by atomic mass is 10.2. The molecule has 0 radical (unpaired) electrons. The first-order valence-corrected chi connectivity index (χ1v) is 7.11. The second-order valence-electron chi connectivity index (χ2n) is 5.45. The summed E-state index contributed by atoms with van der Waals surface area (Å²) in [6, 6.07) is 7.69. The lowest BCUT2D eigenvalue weighted by Crippen LogP contribution is -2.26. The zero-order valence-electron chi connectivity index (χ0n) is 11.8. The van der Waals surface area contributed by atoms with Crippen molar-refractivity contribution in [1.29, 1.82) is 0 Å². The third-order valence-corrected chi connectivity index (χ3v) is 3.39. The summed E-state index contributed by atoms with van der Waals surface area (Å²) >= 11 is 0. The fourth-order valence-corrected chi connectivity index (χ4v) is 2.17. The molecule has 1 saturated carbocycles. The Balaban J connectivity index is 1.93. The van der Waals surface area contributed by atoms with Crippen molar-refractivity contribution in [3.05, 3.63) is 29.6 Å². The molecule has 0 amide bonds. The monoisotopic (exact) mass is 247 g/mol. The van der Waals surface area contributed by atoms with Gasteiger partial charge in [-0.2, -0.15) is 0 Å². The average Bonchev–Trinajstić information content (AvgIpc) is 3.18. The van der Waals surface area contributed by atoms with Crippen LogP contribution in [0.15, 0.2) is 18.2 Å². The van der Waals surface area contributed by atoms with Gasteiger partial charge in [-0.15, -0.1) is 0 Å². The number of hydrogen-bond acceptors (Lipinski definition) is 3. The van der Waals surface area contributed by atoms with E-state index in [-0.39, 0.29) is 0 Å². The highest BCUT2D eigenvalue weighted by molar-refractivity contribution is 5.11. The van der Waals surface area contributed by atoms with Gasteiger partial charge in [0.05, 0.1) is 11.4 Å². The van der Waals surface area contributed by atoms with Gasteiger partial charge in [0.25, 0.3) is 0 Å². The molecule has 3 nitrogen and oxygen atoms in total. The van der Waals surface area contributed by atoms with Gasteiger partial charge < -0.3 is 5.32 Å². The van der Waals surface area contributed by atoms with Gasteiger partial charge >= 0.3 is 0 Å². The van der Waals surface area contributed by atoms with E-state index in [4.69, 9.17) is 4.98 Å². The predicted octanol–water partition coefficient (Wildman–Crippen LogP) is 2.56. The van der Waals surface area contributed by atoms with Crippen LogP contribution >= 0.6 is 0 Å². The molecule has 1 aliphatic carbocycles. The number of aromatic nitrogens is 1. The summed E-state index contributed by atoms with van der Waals surface area (Å²) in [4.78, 5) is 7.27. The normalized spacial score (nSPS) is 15.6. The van der Waals surface area contributed by atoms with E-state index in [1.807, 2.05) is 0 Å². The van der Waals surface area contributed by atoms with Crippen LogP contribution in [-0.2, 0) is 13.1 Å². The lowest BCUT2D eigenvalue weighted by molar-refractivity contribution is 0.266. The van der Waals surface area contributed by atoms with Crippen molar-refractivity contribution in [3.63, 3.8) is 0 Å². The molecule has 1 heterocycles. The fourth-order valence-electron chi connectivity index (χ4n) is 2.17. The number of nitrogens with zero attached hydrogens (tertiary/aromatic N) is 2. The molecule has 0 aromatic carbocycles. The smallest absolute Gasteiger partial charge is 0.0547 e. The summed E-state index contributed by atoms with van der Waals surface area (Å²) in [7, 11) is 0. The molecule has 100 valence electrons. The number of nitrogens with one attached hydrogen (secondary N) is 1. The molecule has 0 aliphatic heterocycles. The van der Waals surface area contributed by atoms with Crippen molar-refractivity contribution >= 4 is 0 Å². The standard InChI is InChI=1S/C15H25N3/c1-4-18(15-8-9-15)11-14-7-5-6-13(17-14)10-16-12(2)3/h5-7,12,15-16H,4,8-11H2,1-3H3. The third-order valence-electron chi connectivity index (χ3n) is 3.39. The summed E-state index contributed by atoms with van der Waals surface area (Å²) < 4.78 is 0. The summed E-state index contributed by atoms with van der Waals surface area (Å²) in [5.74, 6) is 0. The molecular weight excluding hydrogens is 222 g/mol. The zero-order chi connectivity index (χ0) is 13.0. The summed E-state index contributed by atoms with van der Waals surface area (Å²) in [6.07, 6.45) is 2.73. The molecule has 0 unspecified atom stereocenters. The van der Waals surface area contributed by atoms with Crippen molar-refractivity contribution in [2.75, 3.05) is 6.54 Å². The fraction of sp³-hybridized carbons (Fsp3) is 0.667. The molecule has 0 spiro atoms. The van der Waals surface area contributed by atoms with Crippen LogP contribution in [-0.4, -0.2) is 28.5 Å². The van der Waals surface area contributed by atoms with E-state index in [9.17, 15) is 0 Å². The predicted molar refractivity (Wildman–Crippen MR) is 75.3 cm³/mol. The molecule has 1 N–H and O–H groups in total. The largest absolute Gasteiger partial charge is 0.309 e. The van der Waals surface area contributed by atoms with Crippen LogP contribution in [0.25, 0.3) is 0 Å². The van der Waals surface area contributed by atoms with Crippen LogP contribution in [0.2, 0.25) is 0 Å². The molecule has 2 rings (SSSR count). The minimum absolute atomic E-state index is 0.508. The maximum Gasteiger partial charge on any atom is 0.0547 e. The first-order chi connectivity index (χ1) is 8.69. The summed E-state index contributed by atoms with van der Waals surface area (Å²) in [6.45, 7) is 9.55. The Hall–Kier alpha value is -0.930. The van der Waals surface area contributed by atoms with Gasteiger partial charge in [0, 0.05) is 25.2 Å². The number of hydrogen-bond donors (Lipinski definition) is 1. The van der Waals surface area contributed by atoms with Crippen molar-refractivity contribution < 1.29 is 0 Å². The Morgan fingerprint density at radius 1 is 1.33 bits per heavy atom. The van der Waals surface area contributed by atoms with Gasteiger partial charge in [-0.25, -0.2) is 0 Å². The van der Waals surface area contributed by atoms with Crippen molar-refractivity contribution in [1.82, 2.24) is 15.2 Å². The van der Waals surface area contributed by atoms with E-state index in [1.54, 1.807) is 0 Å². The van der Waals surface area contributed by atoms with Crippen LogP contribution in [0, 0.1) is 0 Å². The van der Waals surface area contributed by atoms with Crippen molar-refractivity contribution in [3.8, 4) is 0 Å². The Morgan fingerprint density at radius 2 is 2.06 bits per heavy atom. The van der Waals surface area contributed by atoms with E-state index < -0.39 is 0 Å². The minimum Gasteiger partial charge on any atom is -0.309 e. The summed E-state index contributed by atoms with van der Waals surface area (Å²) in [5.41, 5.74) is 2.35. The van der Waals surface area contributed by atoms with Gasteiger partial charge in [0.15, 0.2) is 0 Å².